The maximum absolute atomic E-state index is 12.7. The van der Waals surface area contributed by atoms with Crippen molar-refractivity contribution in [1.29, 1.82) is 0 Å². The molecule has 0 N–H and O–H groups in total. The number of hydrogen-bond donors (Lipinski definition) is 0. The number of rotatable bonds is 12. The molecule has 1 aromatic carbocycles. The van der Waals surface area contributed by atoms with Gasteiger partial charge in [-0.15, -0.1) is 68.0 Å². The number of hydrogen-bond acceptors (Lipinski definition) is 10. The van der Waals surface area contributed by atoms with Crippen LogP contribution >= 0.6 is 68.0 Å². The monoisotopic (exact) mass is 714 g/mol. The highest BCUT2D eigenvalue weighted by molar-refractivity contribution is 7.26. The van der Waals surface area contributed by atoms with Gasteiger partial charge in [-0.3, -0.25) is 0 Å². The molecule has 230 valence electrons. The summed E-state index contributed by atoms with van der Waals surface area (Å²) in [4.78, 5) is 35.4. The molecule has 7 aromatic rings. The summed E-state index contributed by atoms with van der Waals surface area (Å²) in [5.74, 6) is -0.817. The lowest BCUT2D eigenvalue weighted by Crippen LogP contribution is -2.10. The van der Waals surface area contributed by atoms with E-state index in [0.717, 1.165) is 0 Å². The topological polar surface area (TPSA) is 52.6 Å². The van der Waals surface area contributed by atoms with Gasteiger partial charge >= 0.3 is 11.9 Å². The van der Waals surface area contributed by atoms with Crippen LogP contribution in [0.5, 0.6) is 0 Å². The Kier molecular flexibility index (Phi) is 9.71. The summed E-state index contributed by atoms with van der Waals surface area (Å²) in [6, 6.07) is 27.8. The number of esters is 2. The molecule has 6 aromatic heterocycles. The van der Waals surface area contributed by atoms with Crippen LogP contribution in [0.15, 0.2) is 106 Å². The molecule has 0 saturated heterocycles. The van der Waals surface area contributed by atoms with E-state index in [-0.39, 0.29) is 13.2 Å². The van der Waals surface area contributed by atoms with Crippen molar-refractivity contribution >= 4 is 80.0 Å². The standard InChI is InChI=1S/C36H26O4S6/c37-35(39-17-13-23-15-21-43-33(23)31-11-9-29(45-31)27-3-1-19-41-27)25-5-7-26(8-6-25)36(38)40-18-14-24-16-22-44-34(24)32-12-10-30(46-32)28-4-2-20-42-28/h1-12,15-16,19-22H,13-14,17-18H2. The molecule has 0 aliphatic heterocycles. The van der Waals surface area contributed by atoms with Crippen LogP contribution < -0.4 is 0 Å². The van der Waals surface area contributed by atoms with Gasteiger partial charge in [0.15, 0.2) is 0 Å². The molecule has 0 fully saturated rings. The van der Waals surface area contributed by atoms with Crippen LogP contribution in [0.1, 0.15) is 31.8 Å². The first-order valence-electron chi connectivity index (χ1n) is 14.5. The van der Waals surface area contributed by atoms with Crippen LogP contribution in [0.2, 0.25) is 0 Å². The molecular formula is C36H26O4S6. The van der Waals surface area contributed by atoms with Crippen molar-refractivity contribution in [1.82, 2.24) is 0 Å². The highest BCUT2D eigenvalue weighted by Gasteiger charge is 2.16. The third-order valence-corrected chi connectivity index (χ3v) is 13.8. The second-order valence-electron chi connectivity index (χ2n) is 10.2. The Labute approximate surface area is 290 Å². The summed E-state index contributed by atoms with van der Waals surface area (Å²) in [6.07, 6.45) is 1.27. The Balaban J connectivity index is 0.886. The Morgan fingerprint density at radius 3 is 1.30 bits per heavy atom. The molecule has 46 heavy (non-hydrogen) atoms. The van der Waals surface area contributed by atoms with E-state index >= 15 is 0 Å². The van der Waals surface area contributed by atoms with Gasteiger partial charge in [0.1, 0.15) is 0 Å². The molecule has 0 atom stereocenters. The predicted octanol–water partition coefficient (Wildman–Crippen LogP) is 11.5. The van der Waals surface area contributed by atoms with E-state index in [1.165, 1.54) is 50.1 Å². The van der Waals surface area contributed by atoms with E-state index in [9.17, 15) is 9.59 Å². The van der Waals surface area contributed by atoms with Crippen molar-refractivity contribution in [2.45, 2.75) is 12.8 Å². The fourth-order valence-corrected chi connectivity index (χ4v) is 10.9. The molecule has 0 spiro atoms. The minimum absolute atomic E-state index is 0.279. The highest BCUT2D eigenvalue weighted by Crippen LogP contribution is 2.41. The number of ether oxygens (including phenoxy) is 2. The van der Waals surface area contributed by atoms with Gasteiger partial charge in [0.2, 0.25) is 0 Å². The molecule has 0 unspecified atom stereocenters. The molecule has 10 heteroatoms. The summed E-state index contributed by atoms with van der Waals surface area (Å²) in [6.45, 7) is 0.557. The number of thiophene rings is 6. The summed E-state index contributed by atoms with van der Waals surface area (Å²) in [7, 11) is 0. The van der Waals surface area contributed by atoms with Crippen LogP contribution in [0.25, 0.3) is 39.0 Å². The van der Waals surface area contributed by atoms with E-state index in [2.05, 4.69) is 82.2 Å². The van der Waals surface area contributed by atoms with E-state index in [4.69, 9.17) is 9.47 Å². The first-order chi connectivity index (χ1) is 22.6. The predicted molar refractivity (Wildman–Crippen MR) is 196 cm³/mol. The Morgan fingerprint density at radius 1 is 0.457 bits per heavy atom. The highest BCUT2D eigenvalue weighted by atomic mass is 32.1. The third-order valence-electron chi connectivity index (χ3n) is 7.25. The quantitative estimate of drug-likeness (QED) is 0.118. The zero-order valence-corrected chi connectivity index (χ0v) is 29.2. The van der Waals surface area contributed by atoms with Crippen molar-refractivity contribution in [2.75, 3.05) is 13.2 Å². The van der Waals surface area contributed by atoms with Crippen LogP contribution in [0, 0.1) is 0 Å². The van der Waals surface area contributed by atoms with Crippen molar-refractivity contribution in [3.8, 4) is 39.0 Å². The molecular weight excluding hydrogens is 689 g/mol. The fourth-order valence-electron chi connectivity index (χ4n) is 4.94. The molecule has 0 aliphatic carbocycles. The minimum atomic E-state index is -0.409. The Morgan fingerprint density at radius 2 is 0.891 bits per heavy atom. The first-order valence-corrected chi connectivity index (χ1v) is 19.6. The Hall–Kier alpha value is -3.64. The lowest BCUT2D eigenvalue weighted by molar-refractivity contribution is 0.0495. The van der Waals surface area contributed by atoms with Gasteiger partial charge in [-0.25, -0.2) is 9.59 Å². The summed E-state index contributed by atoms with van der Waals surface area (Å²) < 4.78 is 11.2. The van der Waals surface area contributed by atoms with E-state index in [1.54, 1.807) is 92.3 Å². The molecule has 7 rings (SSSR count). The summed E-state index contributed by atoms with van der Waals surface area (Å²) >= 11 is 10.5. The summed E-state index contributed by atoms with van der Waals surface area (Å²) in [5, 5.41) is 8.35. The maximum Gasteiger partial charge on any atom is 0.338 e. The van der Waals surface area contributed by atoms with E-state index in [0.29, 0.717) is 24.0 Å². The largest absolute Gasteiger partial charge is 0.462 e. The molecule has 0 radical (unpaired) electrons. The fraction of sp³-hybridized carbons (Fsp3) is 0.111. The second-order valence-corrected chi connectivity index (χ2v) is 16.1. The van der Waals surface area contributed by atoms with Crippen molar-refractivity contribution < 1.29 is 19.1 Å². The first kappa shape index (κ1) is 31.0. The molecule has 0 aliphatic rings. The van der Waals surface area contributed by atoms with Gasteiger partial charge in [0, 0.05) is 51.9 Å². The normalized spacial score (nSPS) is 11.1. The molecule has 0 bridgehead atoms. The van der Waals surface area contributed by atoms with Gasteiger partial charge < -0.3 is 9.47 Å². The Bertz CT molecular complexity index is 1890. The lowest BCUT2D eigenvalue weighted by Gasteiger charge is -2.08. The van der Waals surface area contributed by atoms with Gasteiger partial charge in [-0.1, -0.05) is 12.1 Å². The SMILES string of the molecule is O=C(OCCc1ccsc1-c1ccc(-c2cccs2)s1)c1ccc(C(=O)OCCc2ccsc2-c2ccc(-c3cccs3)s2)cc1. The van der Waals surface area contributed by atoms with Crippen molar-refractivity contribution in [3.05, 3.63) is 129 Å². The molecule has 6 heterocycles. The van der Waals surface area contributed by atoms with E-state index < -0.39 is 11.9 Å². The van der Waals surface area contributed by atoms with Gasteiger partial charge in [-0.2, -0.15) is 0 Å². The maximum atomic E-state index is 12.7. The zero-order valence-electron chi connectivity index (χ0n) is 24.3. The molecule has 0 saturated carbocycles. The van der Waals surface area contributed by atoms with Crippen LogP contribution in [-0.4, -0.2) is 25.2 Å². The second kappa shape index (κ2) is 14.4. The zero-order chi connectivity index (χ0) is 31.3. The van der Waals surface area contributed by atoms with Crippen LogP contribution in [-0.2, 0) is 22.3 Å². The smallest absolute Gasteiger partial charge is 0.338 e. The average molecular weight is 715 g/mol. The van der Waals surface area contributed by atoms with Gasteiger partial charge in [0.25, 0.3) is 0 Å². The van der Waals surface area contributed by atoms with Crippen LogP contribution in [0.4, 0.5) is 0 Å². The van der Waals surface area contributed by atoms with Crippen molar-refractivity contribution in [3.63, 3.8) is 0 Å². The average Bonchev–Trinajstić information content (AvgIpc) is 3.92. The van der Waals surface area contributed by atoms with Gasteiger partial charge in [0.05, 0.1) is 24.3 Å². The minimum Gasteiger partial charge on any atom is -0.462 e. The number of carbonyl (C=O) groups excluding carboxylic acids is 2. The molecule has 0 amide bonds. The lowest BCUT2D eigenvalue weighted by atomic mass is 10.1. The summed E-state index contributed by atoms with van der Waals surface area (Å²) in [5.41, 5.74) is 3.15. The number of benzene rings is 1. The van der Waals surface area contributed by atoms with E-state index in [1.807, 2.05) is 0 Å². The molecule has 4 nitrogen and oxygen atoms in total. The third kappa shape index (κ3) is 7.02. The van der Waals surface area contributed by atoms with Crippen LogP contribution in [0.3, 0.4) is 0 Å². The number of carbonyl (C=O) groups is 2. The van der Waals surface area contributed by atoms with Crippen molar-refractivity contribution in [2.24, 2.45) is 0 Å². The van der Waals surface area contributed by atoms with Gasteiger partial charge in [-0.05, 0) is 105 Å².